The van der Waals surface area contributed by atoms with Crippen LogP contribution < -0.4 is 0 Å². The largest absolute Gasteiger partial charge is 0.480 e. The molecule has 0 aliphatic carbocycles. The monoisotopic (exact) mass is 288 g/mol. The number of carbonyl (C=O) groups is 2. The van der Waals surface area contributed by atoms with E-state index in [-0.39, 0.29) is 18.5 Å². The molecule has 0 aliphatic rings. The van der Waals surface area contributed by atoms with Gasteiger partial charge in [0.25, 0.3) is 5.91 Å². The van der Waals surface area contributed by atoms with Crippen molar-refractivity contribution in [2.24, 2.45) is 0 Å². The zero-order valence-corrected chi connectivity index (χ0v) is 11.8. The summed E-state index contributed by atoms with van der Waals surface area (Å²) in [6, 6.07) is 6.63. The first-order valence-corrected chi connectivity index (χ1v) is 6.47. The third-order valence-corrected chi connectivity index (χ3v) is 2.97. The molecule has 7 heteroatoms. The first kappa shape index (κ1) is 14.7. The quantitative estimate of drug-likeness (QED) is 0.893. The van der Waals surface area contributed by atoms with Crippen molar-refractivity contribution in [3.8, 4) is 5.69 Å². The number of carboxylic acids is 1. The van der Waals surface area contributed by atoms with E-state index in [4.69, 9.17) is 5.11 Å². The van der Waals surface area contributed by atoms with Crippen molar-refractivity contribution >= 4 is 11.9 Å². The maximum atomic E-state index is 12.5. The molecule has 1 aromatic heterocycles. The Bertz CT molecular complexity index is 637. The summed E-state index contributed by atoms with van der Waals surface area (Å²) in [6.07, 6.45) is 2.93. The van der Waals surface area contributed by atoms with Crippen LogP contribution in [0.15, 0.2) is 36.9 Å². The van der Waals surface area contributed by atoms with Crippen molar-refractivity contribution in [2.45, 2.75) is 19.9 Å². The standard InChI is InChI=1S/C14H16N4O3/c1-10(2)17(7-13(19)20)14(21)11-4-3-5-12(6-11)18-9-15-8-16-18/h3-6,8-10H,7H2,1-2H3,(H,19,20). The third kappa shape index (κ3) is 3.44. The van der Waals surface area contributed by atoms with Crippen LogP contribution in [-0.4, -0.2) is 49.2 Å². The van der Waals surface area contributed by atoms with Crippen LogP contribution in [0.25, 0.3) is 5.69 Å². The molecule has 2 aromatic rings. The average molecular weight is 288 g/mol. The Hall–Kier alpha value is -2.70. The molecule has 21 heavy (non-hydrogen) atoms. The maximum absolute atomic E-state index is 12.5. The number of aliphatic carboxylic acids is 1. The molecule has 0 aliphatic heterocycles. The number of amides is 1. The van der Waals surface area contributed by atoms with E-state index in [0.717, 1.165) is 0 Å². The van der Waals surface area contributed by atoms with Gasteiger partial charge in [-0.3, -0.25) is 9.59 Å². The fourth-order valence-electron chi connectivity index (χ4n) is 1.92. The van der Waals surface area contributed by atoms with E-state index in [9.17, 15) is 9.59 Å². The SMILES string of the molecule is CC(C)N(CC(=O)O)C(=O)c1cccc(-n2cncn2)c1. The van der Waals surface area contributed by atoms with Gasteiger partial charge in [-0.05, 0) is 32.0 Å². The summed E-state index contributed by atoms with van der Waals surface area (Å²) in [6.45, 7) is 3.23. The minimum Gasteiger partial charge on any atom is -0.480 e. The van der Waals surface area contributed by atoms with Gasteiger partial charge in [0.2, 0.25) is 0 Å². The smallest absolute Gasteiger partial charge is 0.323 e. The Morgan fingerprint density at radius 3 is 2.71 bits per heavy atom. The van der Waals surface area contributed by atoms with Crippen molar-refractivity contribution in [1.82, 2.24) is 19.7 Å². The summed E-state index contributed by atoms with van der Waals surface area (Å²) >= 11 is 0. The summed E-state index contributed by atoms with van der Waals surface area (Å²) in [5.41, 5.74) is 1.11. The number of benzene rings is 1. The van der Waals surface area contributed by atoms with Crippen molar-refractivity contribution in [3.63, 3.8) is 0 Å². The van der Waals surface area contributed by atoms with Gasteiger partial charge in [-0.1, -0.05) is 6.07 Å². The van der Waals surface area contributed by atoms with Crippen LogP contribution in [-0.2, 0) is 4.79 Å². The molecule has 1 N–H and O–H groups in total. The second-order valence-corrected chi connectivity index (χ2v) is 4.81. The van der Waals surface area contributed by atoms with E-state index in [0.29, 0.717) is 11.3 Å². The van der Waals surface area contributed by atoms with Crippen molar-refractivity contribution in [1.29, 1.82) is 0 Å². The zero-order valence-electron chi connectivity index (χ0n) is 11.8. The van der Waals surface area contributed by atoms with Crippen LogP contribution in [0, 0.1) is 0 Å². The molecule has 0 fully saturated rings. The van der Waals surface area contributed by atoms with Crippen LogP contribution in [0.1, 0.15) is 24.2 Å². The third-order valence-electron chi connectivity index (χ3n) is 2.97. The Kier molecular flexibility index (Phi) is 4.32. The molecule has 0 bridgehead atoms. The molecule has 0 spiro atoms. The van der Waals surface area contributed by atoms with Crippen LogP contribution in [0.4, 0.5) is 0 Å². The van der Waals surface area contributed by atoms with Gasteiger partial charge < -0.3 is 10.0 Å². The summed E-state index contributed by atoms with van der Waals surface area (Å²) in [5.74, 6) is -1.36. The van der Waals surface area contributed by atoms with E-state index in [2.05, 4.69) is 10.1 Å². The average Bonchev–Trinajstić information content (AvgIpc) is 2.98. The molecule has 0 saturated heterocycles. The minimum absolute atomic E-state index is 0.205. The Morgan fingerprint density at radius 1 is 1.38 bits per heavy atom. The number of carboxylic acid groups (broad SMARTS) is 1. The van der Waals surface area contributed by atoms with E-state index < -0.39 is 5.97 Å². The molecule has 0 unspecified atom stereocenters. The molecule has 1 amide bonds. The van der Waals surface area contributed by atoms with Gasteiger partial charge in [-0.15, -0.1) is 0 Å². The maximum Gasteiger partial charge on any atom is 0.323 e. The fraction of sp³-hybridized carbons (Fsp3) is 0.286. The Balaban J connectivity index is 2.30. The second-order valence-electron chi connectivity index (χ2n) is 4.81. The lowest BCUT2D eigenvalue weighted by molar-refractivity contribution is -0.138. The van der Waals surface area contributed by atoms with Crippen molar-refractivity contribution < 1.29 is 14.7 Å². The van der Waals surface area contributed by atoms with E-state index in [1.54, 1.807) is 38.1 Å². The Morgan fingerprint density at radius 2 is 2.14 bits per heavy atom. The highest BCUT2D eigenvalue weighted by molar-refractivity contribution is 5.96. The topological polar surface area (TPSA) is 88.3 Å². The van der Waals surface area contributed by atoms with Gasteiger partial charge in [-0.2, -0.15) is 5.10 Å². The van der Waals surface area contributed by atoms with Crippen molar-refractivity contribution in [2.75, 3.05) is 6.54 Å². The summed E-state index contributed by atoms with van der Waals surface area (Å²) in [7, 11) is 0. The number of rotatable bonds is 5. The number of carbonyl (C=O) groups excluding carboxylic acids is 1. The highest BCUT2D eigenvalue weighted by atomic mass is 16.4. The number of aromatic nitrogens is 3. The molecular weight excluding hydrogens is 272 g/mol. The van der Waals surface area contributed by atoms with Crippen LogP contribution in [0.2, 0.25) is 0 Å². The van der Waals surface area contributed by atoms with E-state index in [1.165, 1.54) is 22.2 Å². The normalized spacial score (nSPS) is 10.6. The lowest BCUT2D eigenvalue weighted by Crippen LogP contribution is -2.40. The first-order valence-electron chi connectivity index (χ1n) is 6.47. The van der Waals surface area contributed by atoms with Crippen molar-refractivity contribution in [3.05, 3.63) is 42.5 Å². The van der Waals surface area contributed by atoms with Gasteiger partial charge in [0, 0.05) is 11.6 Å². The number of nitrogens with zero attached hydrogens (tertiary/aromatic N) is 4. The van der Waals surface area contributed by atoms with Gasteiger partial charge in [0.15, 0.2) is 0 Å². The molecule has 0 radical (unpaired) electrons. The van der Waals surface area contributed by atoms with Gasteiger partial charge in [0.1, 0.15) is 19.2 Å². The lowest BCUT2D eigenvalue weighted by Gasteiger charge is -2.25. The molecule has 110 valence electrons. The van der Waals surface area contributed by atoms with E-state index >= 15 is 0 Å². The lowest BCUT2D eigenvalue weighted by atomic mass is 10.1. The number of hydrogen-bond acceptors (Lipinski definition) is 4. The highest BCUT2D eigenvalue weighted by Crippen LogP contribution is 2.13. The van der Waals surface area contributed by atoms with Crippen LogP contribution >= 0.6 is 0 Å². The molecule has 1 heterocycles. The van der Waals surface area contributed by atoms with Crippen LogP contribution in [0.5, 0.6) is 0 Å². The molecule has 0 atom stereocenters. The minimum atomic E-state index is -1.04. The predicted octanol–water partition coefficient (Wildman–Crippen LogP) is 1.20. The first-order chi connectivity index (χ1) is 9.99. The number of hydrogen-bond donors (Lipinski definition) is 1. The Labute approximate surface area is 121 Å². The zero-order chi connectivity index (χ0) is 15.4. The van der Waals surface area contributed by atoms with Gasteiger partial charge >= 0.3 is 5.97 Å². The van der Waals surface area contributed by atoms with Gasteiger partial charge in [0.05, 0.1) is 5.69 Å². The van der Waals surface area contributed by atoms with Crippen LogP contribution in [0.3, 0.4) is 0 Å². The summed E-state index contributed by atoms with van der Waals surface area (Å²) < 4.78 is 1.54. The summed E-state index contributed by atoms with van der Waals surface area (Å²) in [4.78, 5) is 28.5. The molecule has 7 nitrogen and oxygen atoms in total. The summed E-state index contributed by atoms with van der Waals surface area (Å²) in [5, 5.41) is 12.9. The van der Waals surface area contributed by atoms with E-state index in [1.807, 2.05) is 0 Å². The highest BCUT2D eigenvalue weighted by Gasteiger charge is 2.21. The fourth-order valence-corrected chi connectivity index (χ4v) is 1.92. The molecule has 2 rings (SSSR count). The molecule has 0 saturated carbocycles. The molecule has 1 aromatic carbocycles. The predicted molar refractivity (Wildman–Crippen MR) is 75.2 cm³/mol. The van der Waals surface area contributed by atoms with Gasteiger partial charge in [-0.25, -0.2) is 9.67 Å². The molecular formula is C14H16N4O3. The second kappa shape index (κ2) is 6.17.